The van der Waals surface area contributed by atoms with Crippen LogP contribution in [0.3, 0.4) is 0 Å². The van der Waals surface area contributed by atoms with E-state index in [1.807, 2.05) is 13.0 Å². The number of hydrogen-bond donors (Lipinski definition) is 1. The number of benzene rings is 1. The molecule has 0 radical (unpaired) electrons. The molecule has 1 N–H and O–H groups in total. The number of carbonyl (C=O) groups excluding carboxylic acids is 2. The third-order valence-electron chi connectivity index (χ3n) is 9.69. The van der Waals surface area contributed by atoms with Gasteiger partial charge in [-0.2, -0.15) is 26.3 Å². The van der Waals surface area contributed by atoms with Crippen LogP contribution in [-0.2, 0) is 26.7 Å². The number of esters is 1. The molecular weight excluding hydrogens is 500 g/mol. The molecule has 1 aliphatic heterocycles. The van der Waals surface area contributed by atoms with E-state index in [9.17, 15) is 35.9 Å². The highest BCUT2D eigenvalue weighted by Gasteiger charge is 2.60. The predicted octanol–water partition coefficient (Wildman–Crippen LogP) is 7.35. The van der Waals surface area contributed by atoms with Gasteiger partial charge in [0.05, 0.1) is 16.8 Å². The highest BCUT2D eigenvalue weighted by atomic mass is 19.4. The lowest BCUT2D eigenvalue weighted by Crippen LogP contribution is -2.51. The number of hydrogen-bond acceptors (Lipinski definition) is 3. The molecule has 1 aromatic carbocycles. The molecule has 2 saturated carbocycles. The Morgan fingerprint density at radius 2 is 1.73 bits per heavy atom. The molecule has 202 valence electrons. The number of alkyl halides is 6. The number of ether oxygens (including phenoxy) is 1. The largest absolute Gasteiger partial charge is 0.431 e. The van der Waals surface area contributed by atoms with Crippen LogP contribution in [0.2, 0.25) is 0 Å². The van der Waals surface area contributed by atoms with Crippen LogP contribution >= 0.6 is 0 Å². The number of carbonyl (C=O) groups is 2. The van der Waals surface area contributed by atoms with Crippen LogP contribution in [0, 0.1) is 34.5 Å². The maximum absolute atomic E-state index is 13.6. The van der Waals surface area contributed by atoms with Gasteiger partial charge in [0.1, 0.15) is 5.76 Å². The molecule has 3 fully saturated rings. The minimum atomic E-state index is -4.92. The van der Waals surface area contributed by atoms with E-state index in [4.69, 9.17) is 4.74 Å². The Kier molecular flexibility index (Phi) is 5.99. The Hall–Kier alpha value is -2.52. The molecule has 0 spiro atoms. The first kappa shape index (κ1) is 26.1. The van der Waals surface area contributed by atoms with Crippen molar-refractivity contribution in [2.45, 2.75) is 71.1 Å². The van der Waals surface area contributed by atoms with Crippen LogP contribution < -0.4 is 5.32 Å². The summed E-state index contributed by atoms with van der Waals surface area (Å²) in [6.45, 7) is 4.11. The third kappa shape index (κ3) is 4.24. The quantitative estimate of drug-likeness (QED) is 0.322. The fourth-order valence-electron chi connectivity index (χ4n) is 7.79. The lowest BCUT2D eigenvalue weighted by Gasteiger charge is -2.56. The second-order valence-electron chi connectivity index (χ2n) is 11.5. The number of amides is 1. The number of nitrogens with one attached hydrogen (secondary N) is 1. The molecule has 0 aromatic heterocycles. The number of rotatable bonds is 2. The van der Waals surface area contributed by atoms with E-state index in [0.29, 0.717) is 56.7 Å². The minimum absolute atomic E-state index is 0.137. The smallest absolute Gasteiger partial charge is 0.418 e. The van der Waals surface area contributed by atoms with E-state index < -0.39 is 46.4 Å². The normalized spacial score (nSPS) is 35.6. The van der Waals surface area contributed by atoms with Gasteiger partial charge in [-0.25, -0.2) is 0 Å². The Bertz CT molecular complexity index is 1160. The first-order valence-corrected chi connectivity index (χ1v) is 12.7. The van der Waals surface area contributed by atoms with E-state index in [0.717, 1.165) is 12.2 Å². The first-order valence-electron chi connectivity index (χ1n) is 12.7. The van der Waals surface area contributed by atoms with Gasteiger partial charge in [-0.15, -0.1) is 0 Å². The number of halogens is 6. The van der Waals surface area contributed by atoms with E-state index >= 15 is 0 Å². The predicted molar refractivity (Wildman–Crippen MR) is 122 cm³/mol. The lowest BCUT2D eigenvalue weighted by atomic mass is 9.49. The summed E-state index contributed by atoms with van der Waals surface area (Å²) in [6, 6.07) is 1.11. The van der Waals surface area contributed by atoms with E-state index in [-0.39, 0.29) is 29.1 Å². The molecule has 1 aromatic rings. The summed E-state index contributed by atoms with van der Waals surface area (Å²) in [5, 5.41) is 2.23. The van der Waals surface area contributed by atoms with E-state index in [1.165, 1.54) is 0 Å². The molecule has 37 heavy (non-hydrogen) atoms. The molecule has 3 aliphatic carbocycles. The molecule has 5 rings (SSSR count). The molecule has 6 atom stereocenters. The highest BCUT2D eigenvalue weighted by Crippen LogP contribution is 2.66. The fraction of sp³-hybridized carbons (Fsp3) is 0.630. The maximum Gasteiger partial charge on any atom is 0.418 e. The third-order valence-corrected chi connectivity index (χ3v) is 9.69. The van der Waals surface area contributed by atoms with Crippen molar-refractivity contribution in [1.29, 1.82) is 0 Å². The topological polar surface area (TPSA) is 55.4 Å². The van der Waals surface area contributed by atoms with Crippen molar-refractivity contribution in [3.05, 3.63) is 41.2 Å². The Balaban J connectivity index is 1.40. The van der Waals surface area contributed by atoms with Crippen LogP contribution in [0.5, 0.6) is 0 Å². The van der Waals surface area contributed by atoms with Crippen LogP contribution in [-0.4, -0.2) is 11.9 Å². The van der Waals surface area contributed by atoms with Crippen molar-refractivity contribution < 1.29 is 40.7 Å². The van der Waals surface area contributed by atoms with Crippen molar-refractivity contribution in [2.24, 2.45) is 34.5 Å². The molecule has 1 saturated heterocycles. The molecule has 0 bridgehead atoms. The molecule has 10 heteroatoms. The molecule has 4 aliphatic rings. The maximum atomic E-state index is 13.6. The van der Waals surface area contributed by atoms with Crippen molar-refractivity contribution >= 4 is 17.6 Å². The van der Waals surface area contributed by atoms with Gasteiger partial charge in [0, 0.05) is 17.8 Å². The summed E-state index contributed by atoms with van der Waals surface area (Å²) in [6.07, 6.45) is -3.42. The van der Waals surface area contributed by atoms with Crippen molar-refractivity contribution in [1.82, 2.24) is 0 Å². The monoisotopic (exact) mass is 529 g/mol. The number of fused-ring (bicyclic) bond motifs is 5. The second-order valence-corrected chi connectivity index (χ2v) is 11.5. The van der Waals surface area contributed by atoms with E-state index in [1.54, 1.807) is 0 Å². The summed E-state index contributed by atoms with van der Waals surface area (Å²) >= 11 is 0. The molecular formula is C27H29F6NO3. The van der Waals surface area contributed by atoms with Gasteiger partial charge in [-0.1, -0.05) is 13.8 Å². The minimum Gasteiger partial charge on any atom is -0.431 e. The van der Waals surface area contributed by atoms with Gasteiger partial charge in [0.25, 0.3) is 0 Å². The van der Waals surface area contributed by atoms with E-state index in [2.05, 4.69) is 12.2 Å². The summed E-state index contributed by atoms with van der Waals surface area (Å²) in [7, 11) is 0. The zero-order chi connectivity index (χ0) is 27.0. The van der Waals surface area contributed by atoms with Crippen molar-refractivity contribution in [3.63, 3.8) is 0 Å². The Morgan fingerprint density at radius 3 is 2.41 bits per heavy atom. The van der Waals surface area contributed by atoms with Crippen molar-refractivity contribution in [2.75, 3.05) is 5.32 Å². The average molecular weight is 530 g/mol. The lowest BCUT2D eigenvalue weighted by molar-refractivity contribution is -0.152. The summed E-state index contributed by atoms with van der Waals surface area (Å²) in [5.74, 6) is -0.145. The van der Waals surface area contributed by atoms with Gasteiger partial charge in [0.15, 0.2) is 0 Å². The van der Waals surface area contributed by atoms with Gasteiger partial charge < -0.3 is 10.1 Å². The van der Waals surface area contributed by atoms with Crippen molar-refractivity contribution in [3.8, 4) is 0 Å². The van der Waals surface area contributed by atoms with Crippen LogP contribution in [0.1, 0.15) is 69.9 Å². The molecule has 1 heterocycles. The van der Waals surface area contributed by atoms with Gasteiger partial charge in [-0.3, -0.25) is 9.59 Å². The van der Waals surface area contributed by atoms with Crippen LogP contribution in [0.25, 0.3) is 0 Å². The SMILES string of the molecule is CC12CCC(=O)OC1=CCC1C2CCC2(C)C(C(=O)Nc3cc(C(F)(F)F)ccc3C(F)(F)F)CCC12. The first-order chi connectivity index (χ1) is 17.1. The van der Waals surface area contributed by atoms with Crippen LogP contribution in [0.4, 0.5) is 32.0 Å². The summed E-state index contributed by atoms with van der Waals surface area (Å²) < 4.78 is 85.9. The van der Waals surface area contributed by atoms with Gasteiger partial charge in [0.2, 0.25) is 5.91 Å². The molecule has 6 unspecified atom stereocenters. The standard InChI is InChI=1S/C27H29F6NO3/c1-24-11-9-17-15(4-8-21-25(17,2)12-10-22(35)37-21)16(24)6-7-19(24)23(36)34-20-13-14(26(28,29)30)3-5-18(20)27(31,32)33/h3,5,8,13,15-17,19H,4,6-7,9-12H2,1-2H3,(H,34,36). The highest BCUT2D eigenvalue weighted by molar-refractivity contribution is 5.94. The van der Waals surface area contributed by atoms with Gasteiger partial charge in [-0.05, 0) is 86.0 Å². The second kappa shape index (κ2) is 8.50. The summed E-state index contributed by atoms with van der Waals surface area (Å²) in [4.78, 5) is 25.2. The zero-order valence-electron chi connectivity index (χ0n) is 20.6. The number of anilines is 1. The Morgan fingerprint density at radius 1 is 1.00 bits per heavy atom. The zero-order valence-corrected chi connectivity index (χ0v) is 20.6. The molecule has 1 amide bonds. The van der Waals surface area contributed by atoms with Gasteiger partial charge >= 0.3 is 18.3 Å². The fourth-order valence-corrected chi connectivity index (χ4v) is 7.79. The van der Waals surface area contributed by atoms with Crippen LogP contribution in [0.15, 0.2) is 30.0 Å². The number of allylic oxidation sites excluding steroid dienone is 2. The summed E-state index contributed by atoms with van der Waals surface area (Å²) in [5.41, 5.74) is -4.17. The average Bonchev–Trinajstić information content (AvgIpc) is 3.15. The Labute approximate surface area is 210 Å². The molecule has 4 nitrogen and oxygen atoms in total.